The topological polar surface area (TPSA) is 39.1 Å². The zero-order valence-electron chi connectivity index (χ0n) is 10.6. The molecule has 0 bridgehead atoms. The van der Waals surface area contributed by atoms with Crippen molar-refractivity contribution < 1.29 is 4.74 Å². The summed E-state index contributed by atoms with van der Waals surface area (Å²) in [6.07, 6.45) is 6.62. The molecule has 2 aromatic rings. The van der Waals surface area contributed by atoms with Gasteiger partial charge >= 0.3 is 0 Å². The molecule has 1 aliphatic heterocycles. The van der Waals surface area contributed by atoms with E-state index in [9.17, 15) is 0 Å². The fraction of sp³-hybridized carbons (Fsp3) is 0.357. The number of halogens is 1. The van der Waals surface area contributed by atoms with Crippen molar-refractivity contribution in [3.05, 3.63) is 46.5 Å². The molecular formula is C14H16BrN3O. The van der Waals surface area contributed by atoms with Crippen molar-refractivity contribution in [3.8, 4) is 5.75 Å². The number of rotatable bonds is 5. The normalized spacial score (nSPS) is 13.3. The highest BCUT2D eigenvalue weighted by Crippen LogP contribution is 2.32. The van der Waals surface area contributed by atoms with Crippen LogP contribution in [0.4, 0.5) is 0 Å². The molecule has 5 heteroatoms. The van der Waals surface area contributed by atoms with E-state index in [4.69, 9.17) is 4.74 Å². The van der Waals surface area contributed by atoms with E-state index in [-0.39, 0.29) is 0 Å². The zero-order chi connectivity index (χ0) is 13.1. The Balaban J connectivity index is 1.58. The molecule has 1 aromatic heterocycles. The van der Waals surface area contributed by atoms with Crippen molar-refractivity contribution in [2.75, 3.05) is 13.2 Å². The van der Waals surface area contributed by atoms with Gasteiger partial charge in [-0.3, -0.25) is 0 Å². The summed E-state index contributed by atoms with van der Waals surface area (Å²) in [5.41, 5.74) is 2.54. The Kier molecular flexibility index (Phi) is 3.84. The second kappa shape index (κ2) is 5.75. The predicted molar refractivity (Wildman–Crippen MR) is 77.3 cm³/mol. The molecule has 3 rings (SSSR count). The number of fused-ring (bicyclic) bond motifs is 1. The van der Waals surface area contributed by atoms with Crippen molar-refractivity contribution in [1.82, 2.24) is 14.9 Å². The van der Waals surface area contributed by atoms with E-state index >= 15 is 0 Å². The highest BCUT2D eigenvalue weighted by Gasteiger charge is 2.16. The fourth-order valence-corrected chi connectivity index (χ4v) is 2.88. The van der Waals surface area contributed by atoms with Gasteiger partial charge in [0.1, 0.15) is 5.75 Å². The lowest BCUT2D eigenvalue weighted by Crippen LogP contribution is -2.19. The van der Waals surface area contributed by atoms with E-state index in [1.807, 2.05) is 12.5 Å². The molecule has 1 N–H and O–H groups in total. The first-order chi connectivity index (χ1) is 9.33. The summed E-state index contributed by atoms with van der Waals surface area (Å²) in [4.78, 5) is 4.03. The van der Waals surface area contributed by atoms with Crippen LogP contribution in [0.2, 0.25) is 0 Å². The molecule has 0 fully saturated rings. The minimum Gasteiger partial charge on any atom is -0.493 e. The van der Waals surface area contributed by atoms with Gasteiger partial charge in [-0.15, -0.1) is 0 Å². The second-order valence-corrected chi connectivity index (χ2v) is 5.54. The standard InChI is InChI=1S/C14H16BrN3O/c15-13-7-11-1-6-19-14(11)12(8-13)9-16-2-4-18-5-3-17-10-18/h3,5,7-8,10,16H,1-2,4,6,9H2. The van der Waals surface area contributed by atoms with Gasteiger partial charge in [0.25, 0.3) is 0 Å². The maximum absolute atomic E-state index is 5.71. The van der Waals surface area contributed by atoms with Crippen LogP contribution in [0.1, 0.15) is 11.1 Å². The van der Waals surface area contributed by atoms with Gasteiger partial charge in [0, 0.05) is 48.5 Å². The highest BCUT2D eigenvalue weighted by atomic mass is 79.9. The summed E-state index contributed by atoms with van der Waals surface area (Å²) < 4.78 is 8.90. The molecule has 19 heavy (non-hydrogen) atoms. The average molecular weight is 322 g/mol. The molecule has 0 amide bonds. The summed E-state index contributed by atoms with van der Waals surface area (Å²) in [5, 5.41) is 3.45. The molecule has 0 spiro atoms. The molecule has 0 radical (unpaired) electrons. The van der Waals surface area contributed by atoms with E-state index in [0.717, 1.165) is 42.9 Å². The van der Waals surface area contributed by atoms with E-state index in [2.05, 4.69) is 42.9 Å². The number of aromatic nitrogens is 2. The van der Waals surface area contributed by atoms with Crippen LogP contribution < -0.4 is 10.1 Å². The molecule has 4 nitrogen and oxygen atoms in total. The molecular weight excluding hydrogens is 306 g/mol. The first-order valence-corrected chi connectivity index (χ1v) is 7.23. The van der Waals surface area contributed by atoms with Crippen LogP contribution in [0.5, 0.6) is 5.75 Å². The van der Waals surface area contributed by atoms with Crippen molar-refractivity contribution >= 4 is 15.9 Å². The van der Waals surface area contributed by atoms with Crippen LogP contribution in [0.25, 0.3) is 0 Å². The largest absolute Gasteiger partial charge is 0.493 e. The second-order valence-electron chi connectivity index (χ2n) is 4.63. The Labute approximate surface area is 120 Å². The molecule has 1 aromatic carbocycles. The van der Waals surface area contributed by atoms with Gasteiger partial charge < -0.3 is 14.6 Å². The third kappa shape index (κ3) is 2.98. The molecule has 0 saturated heterocycles. The Morgan fingerprint density at radius 2 is 2.37 bits per heavy atom. The highest BCUT2D eigenvalue weighted by molar-refractivity contribution is 9.10. The van der Waals surface area contributed by atoms with Gasteiger partial charge in [-0.1, -0.05) is 15.9 Å². The van der Waals surface area contributed by atoms with Gasteiger partial charge in [-0.05, 0) is 17.7 Å². The van der Waals surface area contributed by atoms with E-state index < -0.39 is 0 Å². The molecule has 0 unspecified atom stereocenters. The molecule has 1 aliphatic rings. The monoisotopic (exact) mass is 321 g/mol. The SMILES string of the molecule is Brc1cc2c(c(CNCCn3ccnc3)c1)OCC2. The van der Waals surface area contributed by atoms with Crippen molar-refractivity contribution in [2.24, 2.45) is 0 Å². The Morgan fingerprint density at radius 3 is 3.21 bits per heavy atom. The van der Waals surface area contributed by atoms with Crippen LogP contribution in [-0.4, -0.2) is 22.7 Å². The maximum atomic E-state index is 5.71. The Morgan fingerprint density at radius 1 is 1.42 bits per heavy atom. The number of benzene rings is 1. The van der Waals surface area contributed by atoms with Gasteiger partial charge in [-0.2, -0.15) is 0 Å². The number of nitrogens with zero attached hydrogens (tertiary/aromatic N) is 2. The quantitative estimate of drug-likeness (QED) is 0.859. The molecule has 2 heterocycles. The Hall–Kier alpha value is -1.33. The summed E-state index contributed by atoms with van der Waals surface area (Å²) in [7, 11) is 0. The Bertz CT molecular complexity index is 554. The van der Waals surface area contributed by atoms with Gasteiger partial charge in [-0.25, -0.2) is 4.98 Å². The summed E-state index contributed by atoms with van der Waals surface area (Å²) in [6, 6.07) is 4.28. The van der Waals surface area contributed by atoms with Crippen LogP contribution in [-0.2, 0) is 19.5 Å². The third-order valence-electron chi connectivity index (χ3n) is 3.25. The smallest absolute Gasteiger partial charge is 0.127 e. The number of hydrogen-bond donors (Lipinski definition) is 1. The lowest BCUT2D eigenvalue weighted by Gasteiger charge is -2.10. The lowest BCUT2D eigenvalue weighted by molar-refractivity contribution is 0.352. The summed E-state index contributed by atoms with van der Waals surface area (Å²) in [5.74, 6) is 1.07. The van der Waals surface area contributed by atoms with Crippen molar-refractivity contribution in [3.63, 3.8) is 0 Å². The molecule has 100 valence electrons. The summed E-state index contributed by atoms with van der Waals surface area (Å²) in [6.45, 7) is 3.47. The van der Waals surface area contributed by atoms with E-state index in [1.165, 1.54) is 11.1 Å². The number of hydrogen-bond acceptors (Lipinski definition) is 3. The lowest BCUT2D eigenvalue weighted by atomic mass is 10.1. The van der Waals surface area contributed by atoms with Crippen LogP contribution in [0.15, 0.2) is 35.3 Å². The van der Waals surface area contributed by atoms with E-state index in [1.54, 1.807) is 6.20 Å². The van der Waals surface area contributed by atoms with E-state index in [0.29, 0.717) is 0 Å². The number of ether oxygens (including phenoxy) is 1. The van der Waals surface area contributed by atoms with Crippen LogP contribution in [0, 0.1) is 0 Å². The van der Waals surface area contributed by atoms with Gasteiger partial charge in [0.05, 0.1) is 12.9 Å². The zero-order valence-corrected chi connectivity index (χ0v) is 12.2. The molecule has 0 saturated carbocycles. The number of nitrogens with one attached hydrogen (secondary N) is 1. The van der Waals surface area contributed by atoms with Crippen LogP contribution >= 0.6 is 15.9 Å². The first-order valence-electron chi connectivity index (χ1n) is 6.43. The predicted octanol–water partition coefficient (Wildman–Crippen LogP) is 2.37. The minimum absolute atomic E-state index is 0.799. The first kappa shape index (κ1) is 12.7. The molecule has 0 aliphatic carbocycles. The molecule has 0 atom stereocenters. The summed E-state index contributed by atoms with van der Waals surface area (Å²) >= 11 is 3.56. The fourth-order valence-electron chi connectivity index (χ4n) is 2.33. The van der Waals surface area contributed by atoms with Gasteiger partial charge in [0.2, 0.25) is 0 Å². The minimum atomic E-state index is 0.799. The maximum Gasteiger partial charge on any atom is 0.127 e. The number of imidazole rings is 1. The average Bonchev–Trinajstić information content (AvgIpc) is 3.04. The third-order valence-corrected chi connectivity index (χ3v) is 3.70. The van der Waals surface area contributed by atoms with Crippen molar-refractivity contribution in [2.45, 2.75) is 19.5 Å². The van der Waals surface area contributed by atoms with Crippen molar-refractivity contribution in [1.29, 1.82) is 0 Å². The van der Waals surface area contributed by atoms with Crippen LogP contribution in [0.3, 0.4) is 0 Å². The van der Waals surface area contributed by atoms with Gasteiger partial charge in [0.15, 0.2) is 0 Å².